The molecular formula is C3H7N3O5. The molecule has 11 heavy (non-hydrogen) atoms. The van der Waals surface area contributed by atoms with E-state index in [1.807, 2.05) is 0 Å². The fourth-order valence-corrected chi connectivity index (χ4v) is 0.511. The molecule has 1 heterocycles. The molecule has 64 valence electrons. The van der Waals surface area contributed by atoms with E-state index in [1.54, 1.807) is 0 Å². The SMILES string of the molecule is ON1C=CC(O)(O)N(O)N1O. The van der Waals surface area contributed by atoms with Crippen LogP contribution in [0.1, 0.15) is 0 Å². The van der Waals surface area contributed by atoms with E-state index in [0.717, 1.165) is 6.20 Å². The van der Waals surface area contributed by atoms with Crippen LogP contribution in [-0.4, -0.2) is 47.4 Å². The highest BCUT2D eigenvalue weighted by Gasteiger charge is 2.38. The van der Waals surface area contributed by atoms with Gasteiger partial charge in [-0.3, -0.25) is 15.6 Å². The third kappa shape index (κ3) is 1.32. The number of hydrogen-bond donors (Lipinski definition) is 5. The van der Waals surface area contributed by atoms with Crippen LogP contribution in [0, 0.1) is 0 Å². The Morgan fingerprint density at radius 2 is 1.64 bits per heavy atom. The van der Waals surface area contributed by atoms with E-state index < -0.39 is 11.1 Å². The highest BCUT2D eigenvalue weighted by atomic mass is 16.8. The molecule has 1 rings (SSSR count). The fraction of sp³-hybridized carbons (Fsp3) is 0.333. The molecule has 5 N–H and O–H groups in total. The standard InChI is InChI=1S/C3H7N3O5/c7-3(8)1-2-4(9)6(11)5(3)10/h1-2,7-11H. The topological polar surface area (TPSA) is 111 Å². The minimum absolute atomic E-state index is 0.0324. The van der Waals surface area contributed by atoms with E-state index in [4.69, 9.17) is 25.8 Å². The number of nitrogens with zero attached hydrogens (tertiary/aromatic N) is 3. The summed E-state index contributed by atoms with van der Waals surface area (Å²) >= 11 is 0. The Labute approximate surface area is 60.8 Å². The Morgan fingerprint density at radius 1 is 1.09 bits per heavy atom. The maximum Gasteiger partial charge on any atom is 0.288 e. The molecule has 0 radical (unpaired) electrons. The molecule has 0 saturated carbocycles. The summed E-state index contributed by atoms with van der Waals surface area (Å²) in [4.78, 5) is 0. The van der Waals surface area contributed by atoms with Crippen molar-refractivity contribution in [2.75, 3.05) is 0 Å². The van der Waals surface area contributed by atoms with Crippen molar-refractivity contribution in [2.24, 2.45) is 0 Å². The van der Waals surface area contributed by atoms with Crippen LogP contribution in [0.2, 0.25) is 0 Å². The molecular weight excluding hydrogens is 158 g/mol. The van der Waals surface area contributed by atoms with Gasteiger partial charge in [0, 0.05) is 11.4 Å². The Bertz CT molecular complexity index is 182. The first kappa shape index (κ1) is 8.36. The summed E-state index contributed by atoms with van der Waals surface area (Å²) < 4.78 is 0. The molecule has 0 spiro atoms. The highest BCUT2D eigenvalue weighted by Crippen LogP contribution is 2.15. The van der Waals surface area contributed by atoms with E-state index >= 15 is 0 Å². The van der Waals surface area contributed by atoms with Gasteiger partial charge in [0.05, 0.1) is 6.20 Å². The monoisotopic (exact) mass is 165 g/mol. The normalized spacial score (nSPS) is 26.1. The van der Waals surface area contributed by atoms with E-state index in [-0.39, 0.29) is 10.5 Å². The van der Waals surface area contributed by atoms with Gasteiger partial charge in [0.25, 0.3) is 5.91 Å². The minimum Gasteiger partial charge on any atom is -0.347 e. The zero-order chi connectivity index (χ0) is 8.65. The third-order valence-corrected chi connectivity index (χ3v) is 1.08. The van der Waals surface area contributed by atoms with Crippen LogP contribution >= 0.6 is 0 Å². The first-order valence-corrected chi connectivity index (χ1v) is 2.55. The van der Waals surface area contributed by atoms with E-state index in [1.165, 1.54) is 0 Å². The van der Waals surface area contributed by atoms with Crippen LogP contribution in [0.3, 0.4) is 0 Å². The zero-order valence-corrected chi connectivity index (χ0v) is 5.23. The lowest BCUT2D eigenvalue weighted by molar-refractivity contribution is -0.563. The number of hydrogen-bond acceptors (Lipinski definition) is 8. The summed E-state index contributed by atoms with van der Waals surface area (Å²) in [5.41, 5.74) is 0. The van der Waals surface area contributed by atoms with Crippen molar-refractivity contribution >= 4 is 0 Å². The molecule has 8 nitrogen and oxygen atoms in total. The summed E-state index contributed by atoms with van der Waals surface area (Å²) in [6, 6.07) is 0. The molecule has 0 aromatic rings. The Hall–Kier alpha value is -0.740. The van der Waals surface area contributed by atoms with Crippen molar-refractivity contribution in [3.63, 3.8) is 0 Å². The molecule has 0 fully saturated rings. The lowest BCUT2D eigenvalue weighted by Gasteiger charge is -2.37. The number of hydrazine groups is 2. The first-order valence-electron chi connectivity index (χ1n) is 2.55. The van der Waals surface area contributed by atoms with Crippen molar-refractivity contribution in [1.29, 1.82) is 0 Å². The van der Waals surface area contributed by atoms with Gasteiger partial charge in [-0.05, 0) is 5.17 Å². The third-order valence-electron chi connectivity index (χ3n) is 1.08. The predicted molar refractivity (Wildman–Crippen MR) is 27.2 cm³/mol. The van der Waals surface area contributed by atoms with Gasteiger partial charge in [-0.1, -0.05) is 0 Å². The van der Waals surface area contributed by atoms with E-state index in [9.17, 15) is 0 Å². The second kappa shape index (κ2) is 2.39. The van der Waals surface area contributed by atoms with Crippen molar-refractivity contribution in [2.45, 2.75) is 5.91 Å². The molecule has 1 aliphatic rings. The van der Waals surface area contributed by atoms with Crippen LogP contribution < -0.4 is 0 Å². The molecule has 8 heteroatoms. The first-order chi connectivity index (χ1) is 4.95. The number of rotatable bonds is 0. The van der Waals surface area contributed by atoms with Gasteiger partial charge in [0.2, 0.25) is 0 Å². The molecule has 0 bridgehead atoms. The molecule has 1 aliphatic heterocycles. The fourth-order valence-electron chi connectivity index (χ4n) is 0.511. The van der Waals surface area contributed by atoms with E-state index in [2.05, 4.69) is 0 Å². The predicted octanol–water partition coefficient (Wildman–Crippen LogP) is -1.94. The van der Waals surface area contributed by atoms with Gasteiger partial charge < -0.3 is 10.2 Å². The summed E-state index contributed by atoms with van der Waals surface area (Å²) in [6.07, 6.45) is 1.37. The van der Waals surface area contributed by atoms with E-state index in [0.29, 0.717) is 6.08 Å². The van der Waals surface area contributed by atoms with Crippen molar-refractivity contribution < 1.29 is 25.8 Å². The lowest BCUT2D eigenvalue weighted by Crippen LogP contribution is -2.60. The number of hydroxylamine groups is 2. The Morgan fingerprint density at radius 3 is 2.09 bits per heavy atom. The van der Waals surface area contributed by atoms with Crippen LogP contribution in [0.15, 0.2) is 12.3 Å². The summed E-state index contributed by atoms with van der Waals surface area (Å²) in [5.74, 6) is -2.73. The van der Waals surface area contributed by atoms with Gasteiger partial charge in [-0.25, -0.2) is 0 Å². The summed E-state index contributed by atoms with van der Waals surface area (Å²) in [7, 11) is 0. The maximum atomic E-state index is 8.74. The van der Waals surface area contributed by atoms with Crippen LogP contribution in [0.4, 0.5) is 0 Å². The Kier molecular flexibility index (Phi) is 1.82. The molecule has 0 aromatic carbocycles. The minimum atomic E-state index is -2.73. The molecule has 0 aromatic heterocycles. The highest BCUT2D eigenvalue weighted by molar-refractivity contribution is 4.90. The van der Waals surface area contributed by atoms with Crippen LogP contribution in [-0.2, 0) is 0 Å². The van der Waals surface area contributed by atoms with Crippen LogP contribution in [0.25, 0.3) is 0 Å². The molecule has 0 unspecified atom stereocenters. The molecule has 0 atom stereocenters. The van der Waals surface area contributed by atoms with Crippen molar-refractivity contribution in [1.82, 2.24) is 15.6 Å². The number of aliphatic hydroxyl groups is 2. The average molecular weight is 165 g/mol. The lowest BCUT2D eigenvalue weighted by atomic mass is 10.4. The second-order valence-corrected chi connectivity index (χ2v) is 1.88. The summed E-state index contributed by atoms with van der Waals surface area (Å²) in [6.45, 7) is 0. The van der Waals surface area contributed by atoms with Crippen molar-refractivity contribution in [3.05, 3.63) is 12.3 Å². The quantitative estimate of drug-likeness (QED) is 0.263. The maximum absolute atomic E-state index is 8.74. The van der Waals surface area contributed by atoms with Gasteiger partial charge in [0.15, 0.2) is 0 Å². The zero-order valence-electron chi connectivity index (χ0n) is 5.23. The second-order valence-electron chi connectivity index (χ2n) is 1.88. The average Bonchev–Trinajstić information content (AvgIpc) is 1.95. The molecule has 0 saturated heterocycles. The van der Waals surface area contributed by atoms with Gasteiger partial charge in [0.1, 0.15) is 0 Å². The van der Waals surface area contributed by atoms with Crippen molar-refractivity contribution in [3.8, 4) is 0 Å². The van der Waals surface area contributed by atoms with Gasteiger partial charge in [-0.15, -0.1) is 0 Å². The van der Waals surface area contributed by atoms with Crippen LogP contribution in [0.5, 0.6) is 0 Å². The summed E-state index contributed by atoms with van der Waals surface area (Å²) in [5, 5.41) is 42.6. The Balaban J connectivity index is 2.85. The molecule has 0 aliphatic carbocycles. The largest absolute Gasteiger partial charge is 0.347 e. The van der Waals surface area contributed by atoms with Gasteiger partial charge >= 0.3 is 0 Å². The molecule has 0 amide bonds. The van der Waals surface area contributed by atoms with Gasteiger partial charge in [-0.2, -0.15) is 5.17 Å². The smallest absolute Gasteiger partial charge is 0.288 e.